The fourth-order valence-electron chi connectivity index (χ4n) is 3.26. The van der Waals surface area contributed by atoms with Gasteiger partial charge in [-0.1, -0.05) is 29.5 Å². The van der Waals surface area contributed by atoms with Gasteiger partial charge in [0.25, 0.3) is 0 Å². The van der Waals surface area contributed by atoms with E-state index in [4.69, 9.17) is 13.9 Å². The third-order valence-electron chi connectivity index (χ3n) is 4.63. The van der Waals surface area contributed by atoms with Gasteiger partial charge in [0, 0.05) is 11.9 Å². The van der Waals surface area contributed by atoms with Crippen LogP contribution in [-0.2, 0) is 11.3 Å². The van der Waals surface area contributed by atoms with Gasteiger partial charge in [-0.2, -0.15) is 4.99 Å². The Labute approximate surface area is 181 Å². The van der Waals surface area contributed by atoms with Gasteiger partial charge in [-0.25, -0.2) is 4.79 Å². The van der Waals surface area contributed by atoms with E-state index in [-0.39, 0.29) is 5.76 Å². The number of rotatable bonds is 6. The van der Waals surface area contributed by atoms with Gasteiger partial charge in [0.15, 0.2) is 21.9 Å². The monoisotopic (exact) mass is 436 g/mol. The van der Waals surface area contributed by atoms with Crippen molar-refractivity contribution in [3.63, 3.8) is 0 Å². The van der Waals surface area contributed by atoms with E-state index in [0.717, 1.165) is 15.6 Å². The van der Waals surface area contributed by atoms with Crippen LogP contribution in [0.3, 0.4) is 0 Å². The van der Waals surface area contributed by atoms with Crippen LogP contribution in [0.1, 0.15) is 27.8 Å². The molecular weight excluding hydrogens is 416 g/mol. The number of ether oxygens (including phenoxy) is 2. The summed E-state index contributed by atoms with van der Waals surface area (Å²) in [6.45, 7) is 6.62. The van der Waals surface area contributed by atoms with Crippen LogP contribution in [0.2, 0.25) is 0 Å². The van der Waals surface area contributed by atoms with Crippen molar-refractivity contribution in [1.82, 2.24) is 4.57 Å². The topological polar surface area (TPSA) is 83.0 Å². The Morgan fingerprint density at radius 2 is 2.10 bits per heavy atom. The number of carbonyl (C=O) groups is 2. The highest BCUT2D eigenvalue weighted by molar-refractivity contribution is 7.16. The molecular formula is C23H20N2O5S. The lowest BCUT2D eigenvalue weighted by atomic mass is 10.2. The van der Waals surface area contributed by atoms with Crippen molar-refractivity contribution in [3.8, 4) is 5.75 Å². The molecule has 8 heteroatoms. The molecule has 7 nitrogen and oxygen atoms in total. The largest absolute Gasteiger partial charge is 0.490 e. The summed E-state index contributed by atoms with van der Waals surface area (Å²) in [6.07, 6.45) is 1.72. The number of aromatic nitrogens is 1. The van der Waals surface area contributed by atoms with Crippen molar-refractivity contribution >= 4 is 44.4 Å². The van der Waals surface area contributed by atoms with Crippen molar-refractivity contribution in [3.05, 3.63) is 71.2 Å². The van der Waals surface area contributed by atoms with Crippen molar-refractivity contribution in [2.24, 2.45) is 4.99 Å². The van der Waals surface area contributed by atoms with Crippen LogP contribution in [0.25, 0.3) is 21.2 Å². The number of allylic oxidation sites excluding steroid dienone is 1. The highest BCUT2D eigenvalue weighted by Gasteiger charge is 2.16. The number of furan rings is 1. The Bertz CT molecular complexity index is 1380. The third kappa shape index (κ3) is 3.89. The highest BCUT2D eigenvalue weighted by Crippen LogP contribution is 2.29. The average Bonchev–Trinajstić information content (AvgIpc) is 3.36. The average molecular weight is 436 g/mol. The first-order valence-corrected chi connectivity index (χ1v) is 10.4. The van der Waals surface area contributed by atoms with Crippen LogP contribution >= 0.6 is 11.3 Å². The van der Waals surface area contributed by atoms with E-state index in [2.05, 4.69) is 11.6 Å². The lowest BCUT2D eigenvalue weighted by molar-refractivity contribution is 0.0600. The maximum absolute atomic E-state index is 12.9. The van der Waals surface area contributed by atoms with Crippen molar-refractivity contribution < 1.29 is 23.5 Å². The quantitative estimate of drug-likeness (QED) is 0.327. The molecule has 4 rings (SSSR count). The predicted molar refractivity (Wildman–Crippen MR) is 119 cm³/mol. The minimum atomic E-state index is -0.504. The number of fused-ring (bicyclic) bond motifs is 2. The van der Waals surface area contributed by atoms with E-state index in [1.165, 1.54) is 18.4 Å². The summed E-state index contributed by atoms with van der Waals surface area (Å²) < 4.78 is 18.8. The predicted octanol–water partition coefficient (Wildman–Crippen LogP) is 4.56. The highest BCUT2D eigenvalue weighted by atomic mass is 32.1. The lowest BCUT2D eigenvalue weighted by Crippen LogP contribution is -2.16. The molecule has 0 saturated heterocycles. The number of hydrogen-bond donors (Lipinski definition) is 0. The first-order valence-electron chi connectivity index (χ1n) is 9.62. The van der Waals surface area contributed by atoms with E-state index < -0.39 is 11.9 Å². The van der Waals surface area contributed by atoms with Crippen molar-refractivity contribution in [1.29, 1.82) is 0 Å². The van der Waals surface area contributed by atoms with Gasteiger partial charge in [0.05, 0.1) is 29.5 Å². The minimum absolute atomic E-state index is 0.125. The number of benzene rings is 2. The maximum atomic E-state index is 12.9. The number of amides is 1. The molecule has 0 bridgehead atoms. The van der Waals surface area contributed by atoms with Crippen LogP contribution in [-0.4, -0.2) is 30.2 Å². The zero-order valence-corrected chi connectivity index (χ0v) is 17.9. The molecule has 158 valence electrons. The summed E-state index contributed by atoms with van der Waals surface area (Å²) in [5, 5.41) is 0.766. The number of nitrogens with zero attached hydrogens (tertiary/aromatic N) is 2. The number of thiazole rings is 1. The molecule has 1 amide bonds. The Morgan fingerprint density at radius 3 is 2.84 bits per heavy atom. The molecule has 31 heavy (non-hydrogen) atoms. The fraction of sp³-hybridized carbons (Fsp3) is 0.174. The molecule has 0 spiro atoms. The molecule has 4 aromatic rings. The zero-order valence-electron chi connectivity index (χ0n) is 17.1. The molecule has 0 unspecified atom stereocenters. The van der Waals surface area contributed by atoms with Crippen molar-refractivity contribution in [2.75, 3.05) is 13.7 Å². The summed E-state index contributed by atoms with van der Waals surface area (Å²) in [6, 6.07) is 12.4. The number of methoxy groups -OCH3 is 1. The Morgan fingerprint density at radius 1 is 1.26 bits per heavy atom. The second kappa shape index (κ2) is 8.61. The van der Waals surface area contributed by atoms with Crippen molar-refractivity contribution in [2.45, 2.75) is 13.5 Å². The van der Waals surface area contributed by atoms with E-state index in [9.17, 15) is 9.59 Å². The van der Waals surface area contributed by atoms with Gasteiger partial charge in [-0.15, -0.1) is 6.58 Å². The Kier molecular flexibility index (Phi) is 5.73. The minimum Gasteiger partial charge on any atom is -0.490 e. The number of hydrogen-bond acceptors (Lipinski definition) is 6. The molecule has 0 N–H and O–H groups in total. The number of esters is 1. The van der Waals surface area contributed by atoms with E-state index in [0.29, 0.717) is 34.8 Å². The first kappa shape index (κ1) is 20.6. The van der Waals surface area contributed by atoms with Gasteiger partial charge in [0.2, 0.25) is 0 Å². The second-order valence-corrected chi connectivity index (χ2v) is 7.60. The summed E-state index contributed by atoms with van der Waals surface area (Å²) in [7, 11) is 1.34. The Hall–Kier alpha value is -3.65. The molecule has 2 aromatic heterocycles. The third-order valence-corrected chi connectivity index (χ3v) is 5.67. The van der Waals surface area contributed by atoms with Crippen LogP contribution in [0.4, 0.5) is 0 Å². The first-order chi connectivity index (χ1) is 15.0. The molecule has 0 aliphatic heterocycles. The fourth-order valence-corrected chi connectivity index (χ4v) is 4.34. The lowest BCUT2D eigenvalue weighted by Gasteiger charge is -2.02. The molecule has 0 saturated carbocycles. The molecule has 2 heterocycles. The second-order valence-electron chi connectivity index (χ2n) is 6.59. The van der Waals surface area contributed by atoms with Gasteiger partial charge in [0.1, 0.15) is 0 Å². The normalized spacial score (nSPS) is 11.7. The summed E-state index contributed by atoms with van der Waals surface area (Å²) >= 11 is 1.30. The summed E-state index contributed by atoms with van der Waals surface area (Å²) in [5.74, 6) is -0.221. The van der Waals surface area contributed by atoms with E-state index >= 15 is 0 Å². The molecule has 0 aliphatic carbocycles. The molecule has 0 fully saturated rings. The van der Waals surface area contributed by atoms with Crippen LogP contribution in [0.15, 0.2) is 64.5 Å². The SMILES string of the molecule is C=CCn1c(=NC(=O)c2cc3cccc(OCC)c3o2)sc2cc(C(=O)OC)ccc21. The Balaban J connectivity index is 1.80. The van der Waals surface area contributed by atoms with Crippen LogP contribution in [0, 0.1) is 0 Å². The zero-order chi connectivity index (χ0) is 22.0. The van der Waals surface area contributed by atoms with E-state index in [1.54, 1.807) is 36.4 Å². The van der Waals surface area contributed by atoms with Crippen LogP contribution < -0.4 is 9.54 Å². The molecule has 0 atom stereocenters. The summed E-state index contributed by atoms with van der Waals surface area (Å²) in [4.78, 5) is 29.5. The smallest absolute Gasteiger partial charge is 0.337 e. The van der Waals surface area contributed by atoms with E-state index in [1.807, 2.05) is 23.6 Å². The number of carbonyl (C=O) groups excluding carboxylic acids is 2. The maximum Gasteiger partial charge on any atom is 0.337 e. The number of para-hydroxylation sites is 1. The molecule has 2 aromatic carbocycles. The molecule has 0 aliphatic rings. The van der Waals surface area contributed by atoms with Gasteiger partial charge < -0.3 is 18.5 Å². The van der Waals surface area contributed by atoms with Crippen LogP contribution in [0.5, 0.6) is 5.75 Å². The summed E-state index contributed by atoms with van der Waals surface area (Å²) in [5.41, 5.74) is 1.79. The van der Waals surface area contributed by atoms with Gasteiger partial charge >= 0.3 is 11.9 Å². The molecule has 0 radical (unpaired) electrons. The standard InChI is InChI=1S/C23H20N2O5S/c1-4-11-25-16-10-9-15(22(27)28-3)13-19(16)31-23(25)24-21(26)18-12-14-7-6-8-17(29-5-2)20(14)30-18/h4,6-10,12-13H,1,5,11H2,2-3H3. The van der Waals surface area contributed by atoms with Gasteiger partial charge in [-0.05, 0) is 37.3 Å². The van der Waals surface area contributed by atoms with Gasteiger partial charge in [-0.3, -0.25) is 4.79 Å².